The summed E-state index contributed by atoms with van der Waals surface area (Å²) in [7, 11) is 6.28. The molecule has 1 N–H and O–H groups in total. The van der Waals surface area contributed by atoms with Gasteiger partial charge in [0, 0.05) is 11.6 Å². The summed E-state index contributed by atoms with van der Waals surface area (Å²) in [5.74, 6) is 2.08. The summed E-state index contributed by atoms with van der Waals surface area (Å²) < 4.78 is 21.4. The van der Waals surface area contributed by atoms with Crippen LogP contribution in [-0.4, -0.2) is 52.1 Å². The molecular formula is C22H27NO6. The lowest BCUT2D eigenvalue weighted by atomic mass is 9.96. The van der Waals surface area contributed by atoms with Gasteiger partial charge in [-0.15, -0.1) is 0 Å². The first-order chi connectivity index (χ1) is 14.1. The molecule has 0 aliphatic carbocycles. The summed E-state index contributed by atoms with van der Waals surface area (Å²) in [5.41, 5.74) is 1.66. The number of carbonyl (C=O) groups excluding carboxylic acids is 1. The average Bonchev–Trinajstić information content (AvgIpc) is 3.08. The lowest BCUT2D eigenvalue weighted by Gasteiger charge is -2.23. The Morgan fingerprint density at radius 1 is 0.966 bits per heavy atom. The molecule has 0 aromatic heterocycles. The molecule has 7 nitrogen and oxygen atoms in total. The van der Waals surface area contributed by atoms with E-state index in [4.69, 9.17) is 18.9 Å². The number of ether oxygens (including phenoxy) is 4. The largest absolute Gasteiger partial charge is 0.497 e. The number of amides is 1. The molecule has 156 valence electrons. The minimum Gasteiger partial charge on any atom is -0.497 e. The molecule has 2 atom stereocenters. The van der Waals surface area contributed by atoms with Gasteiger partial charge >= 0.3 is 0 Å². The van der Waals surface area contributed by atoms with Gasteiger partial charge in [0.25, 0.3) is 0 Å². The summed E-state index contributed by atoms with van der Waals surface area (Å²) in [6.45, 7) is -0.0937. The minimum absolute atomic E-state index is 0.0111. The van der Waals surface area contributed by atoms with Gasteiger partial charge in [0.2, 0.25) is 11.7 Å². The van der Waals surface area contributed by atoms with Crippen molar-refractivity contribution >= 4 is 11.6 Å². The fourth-order valence-corrected chi connectivity index (χ4v) is 3.86. The van der Waals surface area contributed by atoms with Gasteiger partial charge in [-0.2, -0.15) is 0 Å². The summed E-state index contributed by atoms with van der Waals surface area (Å²) in [6, 6.07) is 10.7. The van der Waals surface area contributed by atoms with Crippen molar-refractivity contribution in [3.8, 4) is 23.0 Å². The highest BCUT2D eigenvalue weighted by Crippen LogP contribution is 2.40. The van der Waals surface area contributed by atoms with E-state index in [1.807, 2.05) is 36.4 Å². The molecule has 1 aliphatic heterocycles. The number of nitrogens with zero attached hydrogens (tertiary/aromatic N) is 1. The number of benzene rings is 2. The van der Waals surface area contributed by atoms with Crippen molar-refractivity contribution in [2.45, 2.75) is 18.9 Å². The third kappa shape index (κ3) is 4.10. The van der Waals surface area contributed by atoms with E-state index in [1.165, 1.54) is 0 Å². The molecule has 1 heterocycles. The fourth-order valence-electron chi connectivity index (χ4n) is 3.86. The van der Waals surface area contributed by atoms with Crippen LogP contribution >= 0.6 is 0 Å². The topological polar surface area (TPSA) is 77.5 Å². The lowest BCUT2D eigenvalue weighted by molar-refractivity contribution is -0.120. The Hall–Kier alpha value is -2.93. The van der Waals surface area contributed by atoms with Gasteiger partial charge in [-0.1, -0.05) is 0 Å². The number of hydrogen-bond donors (Lipinski definition) is 1. The van der Waals surface area contributed by atoms with Crippen LogP contribution in [0, 0.1) is 5.92 Å². The van der Waals surface area contributed by atoms with Crippen molar-refractivity contribution in [3.05, 3.63) is 42.0 Å². The second kappa shape index (κ2) is 9.05. The van der Waals surface area contributed by atoms with Crippen molar-refractivity contribution in [2.24, 2.45) is 5.92 Å². The molecule has 29 heavy (non-hydrogen) atoms. The van der Waals surface area contributed by atoms with E-state index >= 15 is 0 Å². The highest BCUT2D eigenvalue weighted by molar-refractivity contribution is 5.98. The molecule has 1 fully saturated rings. The number of hydrogen-bond acceptors (Lipinski definition) is 6. The number of carbonyl (C=O) groups is 1. The Labute approximate surface area is 170 Å². The van der Waals surface area contributed by atoms with Gasteiger partial charge in [-0.05, 0) is 54.8 Å². The van der Waals surface area contributed by atoms with Crippen LogP contribution < -0.4 is 23.8 Å². The van der Waals surface area contributed by atoms with E-state index in [-0.39, 0.29) is 24.5 Å². The predicted octanol–water partition coefficient (Wildman–Crippen LogP) is 2.68. The monoisotopic (exact) mass is 401 g/mol. The van der Waals surface area contributed by atoms with Crippen LogP contribution in [0.5, 0.6) is 23.0 Å². The molecule has 0 saturated carbocycles. The molecular weight excluding hydrogens is 374 g/mol. The average molecular weight is 401 g/mol. The third-order valence-electron chi connectivity index (χ3n) is 5.28. The Morgan fingerprint density at radius 3 is 2.07 bits per heavy atom. The van der Waals surface area contributed by atoms with Crippen molar-refractivity contribution in [1.29, 1.82) is 0 Å². The number of aliphatic hydroxyl groups is 1. The summed E-state index contributed by atoms with van der Waals surface area (Å²) in [6.07, 6.45) is 1.08. The van der Waals surface area contributed by atoms with Crippen molar-refractivity contribution in [1.82, 2.24) is 0 Å². The first-order valence-electron chi connectivity index (χ1n) is 9.43. The van der Waals surface area contributed by atoms with Gasteiger partial charge in [-0.25, -0.2) is 0 Å². The van der Waals surface area contributed by atoms with E-state index in [0.29, 0.717) is 30.1 Å². The molecule has 2 aromatic rings. The zero-order chi connectivity index (χ0) is 21.0. The smallest absolute Gasteiger partial charge is 0.230 e. The van der Waals surface area contributed by atoms with Crippen LogP contribution in [0.4, 0.5) is 5.69 Å². The van der Waals surface area contributed by atoms with Gasteiger partial charge in [-0.3, -0.25) is 4.79 Å². The highest BCUT2D eigenvalue weighted by atomic mass is 16.5. The molecule has 2 unspecified atom stereocenters. The molecule has 0 bridgehead atoms. The van der Waals surface area contributed by atoms with Gasteiger partial charge in [0.1, 0.15) is 5.75 Å². The Bertz CT molecular complexity index is 826. The standard InChI is InChI=1S/C22H27NO6/c1-26-18-7-5-16(6-8-18)23-17(13-24)12-15(22(23)25)9-14-10-19(27-2)21(29-4)20(11-14)28-3/h5-8,10-11,15,17,24H,9,12-13H2,1-4H3. The number of aliphatic hydroxyl groups excluding tert-OH is 1. The van der Waals surface area contributed by atoms with E-state index in [9.17, 15) is 9.90 Å². The molecule has 2 aromatic carbocycles. The second-order valence-corrected chi connectivity index (χ2v) is 6.91. The van der Waals surface area contributed by atoms with E-state index in [2.05, 4.69) is 0 Å². The van der Waals surface area contributed by atoms with Gasteiger partial charge in [0.15, 0.2) is 11.5 Å². The van der Waals surface area contributed by atoms with Crippen LogP contribution in [0.2, 0.25) is 0 Å². The number of rotatable bonds is 8. The van der Waals surface area contributed by atoms with Gasteiger partial charge in [0.05, 0.1) is 41.1 Å². The summed E-state index contributed by atoms with van der Waals surface area (Å²) in [5, 5.41) is 9.86. The first kappa shape index (κ1) is 20.8. The maximum atomic E-state index is 13.2. The van der Waals surface area contributed by atoms with Crippen LogP contribution in [0.25, 0.3) is 0 Å². The Kier molecular flexibility index (Phi) is 6.49. The highest BCUT2D eigenvalue weighted by Gasteiger charge is 2.40. The van der Waals surface area contributed by atoms with E-state index in [1.54, 1.807) is 33.3 Å². The molecule has 0 spiro atoms. The molecule has 1 aliphatic rings. The summed E-state index contributed by atoms with van der Waals surface area (Å²) in [4.78, 5) is 14.8. The quantitative estimate of drug-likeness (QED) is 0.733. The fraction of sp³-hybridized carbons (Fsp3) is 0.409. The lowest BCUT2D eigenvalue weighted by Crippen LogP contribution is -2.36. The van der Waals surface area contributed by atoms with Crippen LogP contribution in [0.3, 0.4) is 0 Å². The third-order valence-corrected chi connectivity index (χ3v) is 5.28. The zero-order valence-corrected chi connectivity index (χ0v) is 17.2. The van der Waals surface area contributed by atoms with Crippen molar-refractivity contribution in [3.63, 3.8) is 0 Å². The predicted molar refractivity (Wildman–Crippen MR) is 109 cm³/mol. The van der Waals surface area contributed by atoms with Crippen LogP contribution in [0.1, 0.15) is 12.0 Å². The molecule has 3 rings (SSSR count). The number of methoxy groups -OCH3 is 4. The first-order valence-corrected chi connectivity index (χ1v) is 9.43. The van der Waals surface area contributed by atoms with E-state index < -0.39 is 0 Å². The summed E-state index contributed by atoms with van der Waals surface area (Å²) >= 11 is 0. The maximum absolute atomic E-state index is 13.2. The second-order valence-electron chi connectivity index (χ2n) is 6.91. The van der Waals surface area contributed by atoms with E-state index in [0.717, 1.165) is 17.0 Å². The van der Waals surface area contributed by atoms with Gasteiger partial charge < -0.3 is 29.0 Å². The molecule has 1 saturated heterocycles. The minimum atomic E-state index is -0.261. The SMILES string of the molecule is COc1ccc(N2C(=O)C(Cc3cc(OC)c(OC)c(OC)c3)CC2CO)cc1. The molecule has 7 heteroatoms. The van der Waals surface area contributed by atoms with Crippen molar-refractivity contribution in [2.75, 3.05) is 39.9 Å². The van der Waals surface area contributed by atoms with Crippen LogP contribution in [0.15, 0.2) is 36.4 Å². The molecule has 0 radical (unpaired) electrons. The Balaban J connectivity index is 1.86. The molecule has 1 amide bonds. The zero-order valence-electron chi connectivity index (χ0n) is 17.2. The Morgan fingerprint density at radius 2 is 1.59 bits per heavy atom. The van der Waals surface area contributed by atoms with Crippen molar-refractivity contribution < 1.29 is 28.8 Å². The van der Waals surface area contributed by atoms with Crippen LogP contribution in [-0.2, 0) is 11.2 Å². The number of anilines is 1. The maximum Gasteiger partial charge on any atom is 0.230 e. The normalized spacial score (nSPS) is 18.7.